The summed E-state index contributed by atoms with van der Waals surface area (Å²) < 4.78 is 9.59. The van der Waals surface area contributed by atoms with Gasteiger partial charge in [0, 0.05) is 28.9 Å². The standard InChI is InChI=1S/C38H45ClN2O/c1-27-23-24-28(2)41(27)26-35(34(22-15-25-37(3,4)5)40-33-21-13-12-20-32(33)39)42-36-30(29-16-10-9-11-17-29)18-14-19-31(36)38(6,7)8/h9-21,23-25,35H,22,26H2,1-8H3/b25-15+,40-34?/t35-/m0/s1. The minimum atomic E-state index is -0.346. The molecule has 3 aromatic carbocycles. The van der Waals surface area contributed by atoms with E-state index >= 15 is 0 Å². The molecule has 0 saturated heterocycles. The molecule has 4 rings (SSSR count). The first-order valence-electron chi connectivity index (χ1n) is 14.8. The molecule has 42 heavy (non-hydrogen) atoms. The van der Waals surface area contributed by atoms with Gasteiger partial charge in [-0.3, -0.25) is 4.99 Å². The fraction of sp³-hybridized carbons (Fsp3) is 0.342. The molecule has 0 spiro atoms. The lowest BCUT2D eigenvalue weighted by Crippen LogP contribution is -2.34. The normalized spacial score (nSPS) is 13.5. The molecule has 220 valence electrons. The highest BCUT2D eigenvalue weighted by molar-refractivity contribution is 6.33. The molecule has 0 bridgehead atoms. The first-order valence-corrected chi connectivity index (χ1v) is 15.2. The van der Waals surface area contributed by atoms with E-state index in [1.54, 1.807) is 0 Å². The number of aliphatic imine (C=N–C) groups is 1. The van der Waals surface area contributed by atoms with Gasteiger partial charge in [0.25, 0.3) is 0 Å². The van der Waals surface area contributed by atoms with Gasteiger partial charge in [-0.15, -0.1) is 0 Å². The summed E-state index contributed by atoms with van der Waals surface area (Å²) >= 11 is 6.65. The number of benzene rings is 3. The molecule has 0 saturated carbocycles. The third-order valence-electron chi connectivity index (χ3n) is 7.37. The van der Waals surface area contributed by atoms with Crippen molar-refractivity contribution in [1.29, 1.82) is 0 Å². The molecule has 0 unspecified atom stereocenters. The van der Waals surface area contributed by atoms with Crippen LogP contribution in [0.25, 0.3) is 11.1 Å². The molecule has 0 aliphatic heterocycles. The Bertz CT molecular complexity index is 1530. The molecule has 4 heteroatoms. The maximum Gasteiger partial charge on any atom is 0.155 e. The van der Waals surface area contributed by atoms with Crippen LogP contribution in [0.2, 0.25) is 5.02 Å². The molecule has 0 fully saturated rings. The molecule has 4 aromatic rings. The minimum absolute atomic E-state index is 0.0543. The van der Waals surface area contributed by atoms with Gasteiger partial charge in [-0.1, -0.05) is 126 Å². The van der Waals surface area contributed by atoms with Crippen LogP contribution in [0.1, 0.15) is 64.9 Å². The monoisotopic (exact) mass is 580 g/mol. The van der Waals surface area contributed by atoms with E-state index < -0.39 is 0 Å². The van der Waals surface area contributed by atoms with Crippen LogP contribution in [0.5, 0.6) is 5.75 Å². The second-order valence-electron chi connectivity index (χ2n) is 13.2. The first-order chi connectivity index (χ1) is 19.8. The van der Waals surface area contributed by atoms with Gasteiger partial charge in [-0.25, -0.2) is 0 Å². The van der Waals surface area contributed by atoms with Gasteiger partial charge in [0.05, 0.1) is 23.0 Å². The highest BCUT2D eigenvalue weighted by atomic mass is 35.5. The molecule has 1 aromatic heterocycles. The third-order valence-corrected chi connectivity index (χ3v) is 7.69. The summed E-state index contributed by atoms with van der Waals surface area (Å²) in [5.41, 5.74) is 7.36. The number of nitrogens with zero attached hydrogens (tertiary/aromatic N) is 2. The zero-order chi connectivity index (χ0) is 30.5. The molecule has 0 amide bonds. The summed E-state index contributed by atoms with van der Waals surface area (Å²) in [6.07, 6.45) is 4.76. The van der Waals surface area contributed by atoms with Crippen LogP contribution in [0.15, 0.2) is 102 Å². The van der Waals surface area contributed by atoms with Crippen LogP contribution >= 0.6 is 11.6 Å². The molecule has 0 aliphatic carbocycles. The van der Waals surface area contributed by atoms with E-state index in [4.69, 9.17) is 21.3 Å². The van der Waals surface area contributed by atoms with Crippen LogP contribution < -0.4 is 4.74 Å². The number of rotatable bonds is 9. The number of hydrogen-bond donors (Lipinski definition) is 0. The Hall–Kier alpha value is -3.56. The average Bonchev–Trinajstić information content (AvgIpc) is 3.24. The third kappa shape index (κ3) is 8.04. The van der Waals surface area contributed by atoms with Crippen LogP contribution in [0, 0.1) is 19.3 Å². The maximum atomic E-state index is 7.27. The van der Waals surface area contributed by atoms with Gasteiger partial charge in [-0.2, -0.15) is 0 Å². The number of para-hydroxylation sites is 2. The Morgan fingerprint density at radius 2 is 1.48 bits per heavy atom. The molecule has 1 heterocycles. The molecule has 0 radical (unpaired) electrons. The lowest BCUT2D eigenvalue weighted by molar-refractivity contribution is 0.236. The summed E-state index contributed by atoms with van der Waals surface area (Å²) in [6, 6.07) is 29.1. The fourth-order valence-electron chi connectivity index (χ4n) is 5.09. The van der Waals surface area contributed by atoms with Gasteiger partial charge in [0.1, 0.15) is 5.75 Å². The van der Waals surface area contributed by atoms with Crippen molar-refractivity contribution in [3.63, 3.8) is 0 Å². The number of hydrogen-bond acceptors (Lipinski definition) is 2. The number of halogens is 1. The van der Waals surface area contributed by atoms with Crippen molar-refractivity contribution < 1.29 is 4.74 Å². The van der Waals surface area contributed by atoms with E-state index in [0.717, 1.165) is 33.8 Å². The Labute approximate surface area is 257 Å². The molecule has 0 aliphatic rings. The van der Waals surface area contributed by atoms with Crippen LogP contribution in [-0.2, 0) is 12.0 Å². The van der Waals surface area contributed by atoms with Gasteiger partial charge < -0.3 is 9.30 Å². The molecular weight excluding hydrogens is 536 g/mol. The lowest BCUT2D eigenvalue weighted by atomic mass is 9.84. The maximum absolute atomic E-state index is 7.27. The van der Waals surface area contributed by atoms with E-state index in [0.29, 0.717) is 18.0 Å². The van der Waals surface area contributed by atoms with Crippen molar-refractivity contribution in [2.45, 2.75) is 79.9 Å². The molecule has 1 atom stereocenters. The SMILES string of the molecule is Cc1ccc(C)n1C[C@H](Oc1c(-c2ccccc2)cccc1C(C)(C)C)C(C/C=C/C(C)(C)C)=Nc1ccccc1Cl. The number of aryl methyl sites for hydroxylation is 2. The Morgan fingerprint density at radius 1 is 0.833 bits per heavy atom. The average molecular weight is 581 g/mol. The summed E-state index contributed by atoms with van der Waals surface area (Å²) in [6.45, 7) is 18.3. The zero-order valence-corrected chi connectivity index (χ0v) is 27.2. The second-order valence-corrected chi connectivity index (χ2v) is 13.6. The Balaban J connectivity index is 1.93. The summed E-state index contributed by atoms with van der Waals surface area (Å²) in [5.74, 6) is 0.898. The smallest absolute Gasteiger partial charge is 0.155 e. The van der Waals surface area contributed by atoms with Crippen molar-refractivity contribution in [3.05, 3.63) is 119 Å². The van der Waals surface area contributed by atoms with Crippen LogP contribution in [-0.4, -0.2) is 16.4 Å². The predicted molar refractivity (Wildman–Crippen MR) is 181 cm³/mol. The van der Waals surface area contributed by atoms with Crippen molar-refractivity contribution in [1.82, 2.24) is 4.57 Å². The van der Waals surface area contributed by atoms with Crippen molar-refractivity contribution in [3.8, 4) is 16.9 Å². The van der Waals surface area contributed by atoms with Crippen molar-refractivity contribution >= 4 is 23.0 Å². The molecule has 3 nitrogen and oxygen atoms in total. The van der Waals surface area contributed by atoms with E-state index in [1.165, 1.54) is 11.4 Å². The minimum Gasteiger partial charge on any atom is -0.482 e. The van der Waals surface area contributed by atoms with Crippen molar-refractivity contribution in [2.75, 3.05) is 0 Å². The summed E-state index contributed by atoms with van der Waals surface area (Å²) in [5, 5.41) is 0.627. The number of allylic oxidation sites excluding steroid dienone is 2. The van der Waals surface area contributed by atoms with E-state index in [1.807, 2.05) is 30.3 Å². The number of aromatic nitrogens is 1. The predicted octanol–water partition coefficient (Wildman–Crippen LogP) is 10.9. The van der Waals surface area contributed by atoms with E-state index in [9.17, 15) is 0 Å². The summed E-state index contributed by atoms with van der Waals surface area (Å²) in [4.78, 5) is 5.20. The molecule has 0 N–H and O–H groups in total. The van der Waals surface area contributed by atoms with E-state index in [-0.39, 0.29) is 16.9 Å². The summed E-state index contributed by atoms with van der Waals surface area (Å²) in [7, 11) is 0. The lowest BCUT2D eigenvalue weighted by Gasteiger charge is -2.30. The Kier molecular flexibility index (Phi) is 9.84. The Morgan fingerprint density at radius 3 is 2.10 bits per heavy atom. The fourth-order valence-corrected chi connectivity index (χ4v) is 5.26. The zero-order valence-electron chi connectivity index (χ0n) is 26.4. The van der Waals surface area contributed by atoms with Gasteiger partial charge in [-0.05, 0) is 54.5 Å². The van der Waals surface area contributed by atoms with Crippen molar-refractivity contribution in [2.24, 2.45) is 10.4 Å². The quantitative estimate of drug-likeness (QED) is 0.143. The largest absolute Gasteiger partial charge is 0.482 e. The van der Waals surface area contributed by atoms with Crippen LogP contribution in [0.4, 0.5) is 5.69 Å². The van der Waals surface area contributed by atoms with Gasteiger partial charge in [0.15, 0.2) is 6.10 Å². The topological polar surface area (TPSA) is 26.5 Å². The highest BCUT2D eigenvalue weighted by Gasteiger charge is 2.27. The number of ether oxygens (including phenoxy) is 1. The van der Waals surface area contributed by atoms with E-state index in [2.05, 4.69) is 127 Å². The highest BCUT2D eigenvalue weighted by Crippen LogP contribution is 2.40. The van der Waals surface area contributed by atoms with Gasteiger partial charge in [0.2, 0.25) is 0 Å². The second kappa shape index (κ2) is 13.2. The van der Waals surface area contributed by atoms with Gasteiger partial charge >= 0.3 is 0 Å². The van der Waals surface area contributed by atoms with Crippen LogP contribution in [0.3, 0.4) is 0 Å². The molecular formula is C38H45ClN2O. The first kappa shape index (κ1) is 31.4.